The molecule has 1 unspecified atom stereocenters. The molecule has 7 heavy (non-hydrogen) atoms. The zero-order valence-corrected chi connectivity index (χ0v) is 4.42. The van der Waals surface area contributed by atoms with Crippen LogP contribution >= 0.6 is 0 Å². The molecule has 1 amide bonds. The third-order valence-corrected chi connectivity index (χ3v) is 1.51. The standard InChI is InChI=1S/C5H9NO/c1-5-2-3-6(5)4-7/h4-5H,2-3H2,1H3. The third kappa shape index (κ3) is 0.601. The average Bonchev–Trinajstić information content (AvgIpc) is 1.65. The highest BCUT2D eigenvalue weighted by Crippen LogP contribution is 2.11. The second-order valence-corrected chi connectivity index (χ2v) is 1.98. The molecule has 1 atom stereocenters. The van der Waals surface area contributed by atoms with Gasteiger partial charge in [-0.15, -0.1) is 0 Å². The Hall–Kier alpha value is -0.530. The number of hydrogen-bond donors (Lipinski definition) is 0. The van der Waals surface area contributed by atoms with Crippen LogP contribution in [0.3, 0.4) is 0 Å². The predicted molar refractivity (Wildman–Crippen MR) is 26.8 cm³/mol. The van der Waals surface area contributed by atoms with Crippen molar-refractivity contribution >= 4 is 6.41 Å². The fourth-order valence-electron chi connectivity index (χ4n) is 0.693. The SMILES string of the molecule is CC1CCN1C=O. The zero-order valence-electron chi connectivity index (χ0n) is 4.42. The highest BCUT2D eigenvalue weighted by Gasteiger charge is 2.20. The van der Waals surface area contributed by atoms with Crippen LogP contribution in [0.5, 0.6) is 0 Å². The largest absolute Gasteiger partial charge is 0.342 e. The van der Waals surface area contributed by atoms with E-state index in [-0.39, 0.29) is 0 Å². The molecule has 40 valence electrons. The molecule has 0 bridgehead atoms. The summed E-state index contributed by atoms with van der Waals surface area (Å²) in [7, 11) is 0. The molecule has 1 rings (SSSR count). The van der Waals surface area contributed by atoms with Gasteiger partial charge in [-0.2, -0.15) is 0 Å². The van der Waals surface area contributed by atoms with Crippen molar-refractivity contribution in [2.75, 3.05) is 6.54 Å². The first kappa shape index (κ1) is 4.62. The number of rotatable bonds is 1. The van der Waals surface area contributed by atoms with Gasteiger partial charge in [0, 0.05) is 12.6 Å². The molecule has 0 N–H and O–H groups in total. The second-order valence-electron chi connectivity index (χ2n) is 1.98. The molecule has 0 aliphatic carbocycles. The summed E-state index contributed by atoms with van der Waals surface area (Å²) in [5.74, 6) is 0. The van der Waals surface area contributed by atoms with Gasteiger partial charge in [0.15, 0.2) is 0 Å². The van der Waals surface area contributed by atoms with Gasteiger partial charge >= 0.3 is 0 Å². The van der Waals surface area contributed by atoms with E-state index in [2.05, 4.69) is 6.92 Å². The third-order valence-electron chi connectivity index (χ3n) is 1.51. The summed E-state index contributed by atoms with van der Waals surface area (Å²) in [4.78, 5) is 11.7. The molecule has 1 saturated heterocycles. The summed E-state index contributed by atoms with van der Waals surface area (Å²) in [6.07, 6.45) is 2.09. The van der Waals surface area contributed by atoms with Gasteiger partial charge in [0.25, 0.3) is 0 Å². The molecule has 2 heteroatoms. The van der Waals surface area contributed by atoms with Gasteiger partial charge in [-0.05, 0) is 13.3 Å². The molecular formula is C5H9NO. The quantitative estimate of drug-likeness (QED) is 0.431. The van der Waals surface area contributed by atoms with E-state index in [1.807, 2.05) is 0 Å². The van der Waals surface area contributed by atoms with Crippen LogP contribution in [0, 0.1) is 0 Å². The molecule has 1 fully saturated rings. The smallest absolute Gasteiger partial charge is 0.209 e. The van der Waals surface area contributed by atoms with Crippen LogP contribution in [-0.2, 0) is 4.79 Å². The molecule has 0 aromatic heterocycles. The van der Waals surface area contributed by atoms with Gasteiger partial charge in [0.05, 0.1) is 0 Å². The summed E-state index contributed by atoms with van der Waals surface area (Å²) in [5.41, 5.74) is 0. The predicted octanol–water partition coefficient (Wildman–Crippen LogP) is 0.237. The van der Waals surface area contributed by atoms with Gasteiger partial charge in [0.1, 0.15) is 0 Å². The van der Waals surface area contributed by atoms with E-state index in [0.29, 0.717) is 6.04 Å². The summed E-state index contributed by atoms with van der Waals surface area (Å²) in [6.45, 7) is 3.02. The van der Waals surface area contributed by atoms with E-state index in [1.165, 1.54) is 6.42 Å². The lowest BCUT2D eigenvalue weighted by atomic mass is 10.1. The molecule has 0 spiro atoms. The number of likely N-dealkylation sites (tertiary alicyclic amines) is 1. The van der Waals surface area contributed by atoms with Crippen LogP contribution in [0.15, 0.2) is 0 Å². The molecule has 0 aromatic carbocycles. The van der Waals surface area contributed by atoms with Crippen LogP contribution in [0.1, 0.15) is 13.3 Å². The van der Waals surface area contributed by atoms with Crippen LogP contribution < -0.4 is 0 Å². The van der Waals surface area contributed by atoms with Crippen LogP contribution in [0.2, 0.25) is 0 Å². The average molecular weight is 99.1 g/mol. The monoisotopic (exact) mass is 99.1 g/mol. The molecule has 0 saturated carbocycles. The van der Waals surface area contributed by atoms with E-state index in [4.69, 9.17) is 0 Å². The fourth-order valence-corrected chi connectivity index (χ4v) is 0.693. The number of carbonyl (C=O) groups is 1. The Morgan fingerprint density at radius 2 is 2.57 bits per heavy atom. The van der Waals surface area contributed by atoms with Crippen molar-refractivity contribution in [3.63, 3.8) is 0 Å². The van der Waals surface area contributed by atoms with Crippen LogP contribution in [0.25, 0.3) is 0 Å². The van der Waals surface area contributed by atoms with Crippen LogP contribution in [0.4, 0.5) is 0 Å². The maximum Gasteiger partial charge on any atom is 0.209 e. The van der Waals surface area contributed by atoms with E-state index in [0.717, 1.165) is 13.0 Å². The summed E-state index contributed by atoms with van der Waals surface area (Å²) < 4.78 is 0. The summed E-state index contributed by atoms with van der Waals surface area (Å²) >= 11 is 0. The van der Waals surface area contributed by atoms with Gasteiger partial charge in [-0.25, -0.2) is 0 Å². The topological polar surface area (TPSA) is 20.3 Å². The van der Waals surface area contributed by atoms with Gasteiger partial charge in [-0.3, -0.25) is 4.79 Å². The van der Waals surface area contributed by atoms with E-state index < -0.39 is 0 Å². The first-order valence-corrected chi connectivity index (χ1v) is 2.55. The van der Waals surface area contributed by atoms with Crippen molar-refractivity contribution < 1.29 is 4.79 Å². The molecule has 0 radical (unpaired) electrons. The number of hydrogen-bond acceptors (Lipinski definition) is 1. The number of carbonyl (C=O) groups excluding carboxylic acids is 1. The van der Waals surface area contributed by atoms with Crippen LogP contribution in [-0.4, -0.2) is 23.9 Å². The van der Waals surface area contributed by atoms with Gasteiger partial charge < -0.3 is 4.90 Å². The van der Waals surface area contributed by atoms with E-state index in [1.54, 1.807) is 4.90 Å². The molecule has 1 heterocycles. The number of nitrogens with zero attached hydrogens (tertiary/aromatic N) is 1. The maximum absolute atomic E-state index is 9.92. The molecule has 2 nitrogen and oxygen atoms in total. The highest BCUT2D eigenvalue weighted by atomic mass is 16.1. The van der Waals surface area contributed by atoms with Gasteiger partial charge in [0.2, 0.25) is 6.41 Å². The lowest BCUT2D eigenvalue weighted by molar-refractivity contribution is -0.124. The Bertz CT molecular complexity index is 82.1. The van der Waals surface area contributed by atoms with Crippen molar-refractivity contribution in [3.8, 4) is 0 Å². The molecule has 1 aliphatic rings. The van der Waals surface area contributed by atoms with Crippen molar-refractivity contribution in [3.05, 3.63) is 0 Å². The highest BCUT2D eigenvalue weighted by molar-refractivity contribution is 5.49. The van der Waals surface area contributed by atoms with Crippen molar-refractivity contribution in [1.82, 2.24) is 4.90 Å². The summed E-state index contributed by atoms with van der Waals surface area (Å²) in [6, 6.07) is 0.512. The normalized spacial score (nSPS) is 29.3. The van der Waals surface area contributed by atoms with E-state index in [9.17, 15) is 4.79 Å². The van der Waals surface area contributed by atoms with Crippen molar-refractivity contribution in [2.24, 2.45) is 0 Å². The Kier molecular flexibility index (Phi) is 1.01. The fraction of sp³-hybridized carbons (Fsp3) is 0.800. The number of amides is 1. The van der Waals surface area contributed by atoms with E-state index >= 15 is 0 Å². The Balaban J connectivity index is 2.28. The van der Waals surface area contributed by atoms with Gasteiger partial charge in [-0.1, -0.05) is 0 Å². The first-order chi connectivity index (χ1) is 3.34. The van der Waals surface area contributed by atoms with Crippen molar-refractivity contribution in [2.45, 2.75) is 19.4 Å². The molecule has 1 aliphatic heterocycles. The molecule has 0 aromatic rings. The Morgan fingerprint density at radius 1 is 1.86 bits per heavy atom. The first-order valence-electron chi connectivity index (χ1n) is 2.55. The minimum Gasteiger partial charge on any atom is -0.342 e. The molecular weight excluding hydrogens is 90.1 g/mol. The minimum atomic E-state index is 0.512. The summed E-state index contributed by atoms with van der Waals surface area (Å²) in [5, 5.41) is 0. The Morgan fingerprint density at radius 3 is 2.57 bits per heavy atom. The minimum absolute atomic E-state index is 0.512. The van der Waals surface area contributed by atoms with Crippen molar-refractivity contribution in [1.29, 1.82) is 0 Å². The lowest BCUT2D eigenvalue weighted by Gasteiger charge is -2.34. The Labute approximate surface area is 43.1 Å². The lowest BCUT2D eigenvalue weighted by Crippen LogP contribution is -2.44. The maximum atomic E-state index is 9.92. The zero-order chi connectivity index (χ0) is 5.28. The second kappa shape index (κ2) is 1.52.